The normalized spacial score (nSPS) is 11.9. The molecule has 0 bridgehead atoms. The van der Waals surface area contributed by atoms with Gasteiger partial charge in [-0.2, -0.15) is 0 Å². The summed E-state index contributed by atoms with van der Waals surface area (Å²) in [6.45, 7) is 9.00. The summed E-state index contributed by atoms with van der Waals surface area (Å²) < 4.78 is 16.8. The fourth-order valence-corrected chi connectivity index (χ4v) is 7.69. The molecule has 338 valence electrons. The van der Waals surface area contributed by atoms with E-state index in [0.717, 1.165) is 63.7 Å². The molecule has 0 amide bonds. The molecule has 1 atom stereocenters. The first-order chi connectivity index (χ1) is 27.9. The van der Waals surface area contributed by atoms with Crippen LogP contribution in [-0.4, -0.2) is 37.2 Å². The Morgan fingerprint density at radius 2 is 0.579 bits per heavy atom. The zero-order valence-corrected chi connectivity index (χ0v) is 38.8. The maximum absolute atomic E-state index is 12.7. The number of hydrogen-bond acceptors (Lipinski definition) is 6. The maximum atomic E-state index is 12.7. The van der Waals surface area contributed by atoms with E-state index in [4.69, 9.17) is 14.2 Å². The summed E-state index contributed by atoms with van der Waals surface area (Å²) in [5.74, 6) is -0.0218. The SMILES string of the molecule is CCCCCCCCCCCCCCCCCCC(=O)OC[C@H](COC(=O)CCCCCCCCCCCCCC(C)C)OC(=O)CCCCCCCCCCC. The maximum Gasteiger partial charge on any atom is 0.306 e. The van der Waals surface area contributed by atoms with E-state index in [0.29, 0.717) is 19.3 Å². The fourth-order valence-electron chi connectivity index (χ4n) is 7.69. The van der Waals surface area contributed by atoms with Gasteiger partial charge in [0.15, 0.2) is 6.10 Å². The number of esters is 3. The predicted molar refractivity (Wildman–Crippen MR) is 243 cm³/mol. The van der Waals surface area contributed by atoms with Crippen LogP contribution in [0.25, 0.3) is 0 Å². The summed E-state index contributed by atoms with van der Waals surface area (Å²) in [4.78, 5) is 37.8. The number of carbonyl (C=O) groups excluding carboxylic acids is 3. The van der Waals surface area contributed by atoms with Crippen LogP contribution in [0.2, 0.25) is 0 Å². The van der Waals surface area contributed by atoms with Crippen molar-refractivity contribution in [1.29, 1.82) is 0 Å². The van der Waals surface area contributed by atoms with Gasteiger partial charge in [0.1, 0.15) is 13.2 Å². The van der Waals surface area contributed by atoms with Crippen LogP contribution in [0.1, 0.15) is 285 Å². The molecule has 0 rings (SSSR count). The van der Waals surface area contributed by atoms with Gasteiger partial charge in [-0.15, -0.1) is 0 Å². The molecule has 6 nitrogen and oxygen atoms in total. The lowest BCUT2D eigenvalue weighted by molar-refractivity contribution is -0.167. The van der Waals surface area contributed by atoms with Gasteiger partial charge in [-0.25, -0.2) is 0 Å². The lowest BCUT2D eigenvalue weighted by atomic mass is 10.0. The highest BCUT2D eigenvalue weighted by atomic mass is 16.6. The molecule has 57 heavy (non-hydrogen) atoms. The van der Waals surface area contributed by atoms with Crippen molar-refractivity contribution in [1.82, 2.24) is 0 Å². The van der Waals surface area contributed by atoms with E-state index >= 15 is 0 Å². The number of carbonyl (C=O) groups is 3. The van der Waals surface area contributed by atoms with Crippen molar-refractivity contribution in [3.8, 4) is 0 Å². The summed E-state index contributed by atoms with van der Waals surface area (Å²) >= 11 is 0. The van der Waals surface area contributed by atoms with Gasteiger partial charge in [0, 0.05) is 19.3 Å². The van der Waals surface area contributed by atoms with Crippen LogP contribution in [-0.2, 0) is 28.6 Å². The highest BCUT2D eigenvalue weighted by Gasteiger charge is 2.19. The Balaban J connectivity index is 4.24. The Morgan fingerprint density at radius 3 is 0.860 bits per heavy atom. The van der Waals surface area contributed by atoms with Gasteiger partial charge in [0.25, 0.3) is 0 Å². The molecule has 0 saturated heterocycles. The Bertz CT molecular complexity index is 857. The van der Waals surface area contributed by atoms with Crippen LogP contribution < -0.4 is 0 Å². The van der Waals surface area contributed by atoms with Crippen molar-refractivity contribution < 1.29 is 28.6 Å². The van der Waals surface area contributed by atoms with Crippen molar-refractivity contribution in [2.45, 2.75) is 291 Å². The standard InChI is InChI=1S/C51H98O6/c1-5-7-9-11-13-15-16-17-18-19-20-23-27-30-34-38-42-49(52)55-45-48(57-51(54)44-40-36-32-25-14-12-10-8-6-2)46-56-50(53)43-39-35-31-28-24-21-22-26-29-33-37-41-47(3)4/h47-48H,5-46H2,1-4H3/t48-/m1/s1. The Hall–Kier alpha value is -1.59. The highest BCUT2D eigenvalue weighted by molar-refractivity contribution is 5.71. The van der Waals surface area contributed by atoms with Gasteiger partial charge in [-0.3, -0.25) is 14.4 Å². The lowest BCUT2D eigenvalue weighted by Gasteiger charge is -2.18. The minimum Gasteiger partial charge on any atom is -0.462 e. The zero-order chi connectivity index (χ0) is 41.7. The van der Waals surface area contributed by atoms with Gasteiger partial charge in [0.2, 0.25) is 0 Å². The van der Waals surface area contributed by atoms with Crippen LogP contribution in [0.15, 0.2) is 0 Å². The third-order valence-corrected chi connectivity index (χ3v) is 11.5. The summed E-state index contributed by atoms with van der Waals surface area (Å²) in [5, 5.41) is 0. The molecule has 0 N–H and O–H groups in total. The molecule has 0 radical (unpaired) electrons. The Labute approximate surface area is 355 Å². The Morgan fingerprint density at radius 1 is 0.333 bits per heavy atom. The molecule has 0 spiro atoms. The smallest absolute Gasteiger partial charge is 0.306 e. The van der Waals surface area contributed by atoms with E-state index in [2.05, 4.69) is 27.7 Å². The van der Waals surface area contributed by atoms with E-state index in [1.165, 1.54) is 180 Å². The van der Waals surface area contributed by atoms with Crippen molar-refractivity contribution in [3.05, 3.63) is 0 Å². The van der Waals surface area contributed by atoms with E-state index in [-0.39, 0.29) is 31.1 Å². The van der Waals surface area contributed by atoms with Gasteiger partial charge in [-0.05, 0) is 25.2 Å². The van der Waals surface area contributed by atoms with Crippen molar-refractivity contribution in [2.75, 3.05) is 13.2 Å². The molecule has 0 aromatic carbocycles. The number of unbranched alkanes of at least 4 members (excludes halogenated alkanes) is 33. The molecule has 0 saturated carbocycles. The quantitative estimate of drug-likeness (QED) is 0.0346. The summed E-state index contributed by atoms with van der Waals surface area (Å²) in [6.07, 6.45) is 46.6. The van der Waals surface area contributed by atoms with Gasteiger partial charge in [-0.1, -0.05) is 246 Å². The molecule has 0 unspecified atom stereocenters. The number of ether oxygens (including phenoxy) is 3. The van der Waals surface area contributed by atoms with Gasteiger partial charge < -0.3 is 14.2 Å². The van der Waals surface area contributed by atoms with Crippen LogP contribution in [0.3, 0.4) is 0 Å². The summed E-state index contributed by atoms with van der Waals surface area (Å²) in [5.41, 5.74) is 0. The number of hydrogen-bond donors (Lipinski definition) is 0. The minimum absolute atomic E-state index is 0.0631. The van der Waals surface area contributed by atoms with E-state index in [1.54, 1.807) is 0 Å². The molecule has 0 aliphatic rings. The topological polar surface area (TPSA) is 78.9 Å². The Kier molecular flexibility index (Phi) is 44.2. The summed E-state index contributed by atoms with van der Waals surface area (Å²) in [6, 6.07) is 0. The van der Waals surface area contributed by atoms with E-state index < -0.39 is 6.10 Å². The van der Waals surface area contributed by atoms with Crippen molar-refractivity contribution >= 4 is 17.9 Å². The average molecular weight is 807 g/mol. The first kappa shape index (κ1) is 55.4. The monoisotopic (exact) mass is 807 g/mol. The van der Waals surface area contributed by atoms with Crippen LogP contribution >= 0.6 is 0 Å². The molecule has 0 aromatic rings. The first-order valence-electron chi connectivity index (χ1n) is 25.4. The lowest BCUT2D eigenvalue weighted by Crippen LogP contribution is -2.30. The number of rotatable bonds is 46. The van der Waals surface area contributed by atoms with E-state index in [1.807, 2.05) is 0 Å². The summed E-state index contributed by atoms with van der Waals surface area (Å²) in [7, 11) is 0. The largest absolute Gasteiger partial charge is 0.462 e. The molecule has 0 aromatic heterocycles. The van der Waals surface area contributed by atoms with Gasteiger partial charge in [0.05, 0.1) is 0 Å². The minimum atomic E-state index is -0.759. The first-order valence-corrected chi connectivity index (χ1v) is 25.4. The van der Waals surface area contributed by atoms with Crippen molar-refractivity contribution in [3.63, 3.8) is 0 Å². The average Bonchev–Trinajstić information content (AvgIpc) is 3.19. The van der Waals surface area contributed by atoms with E-state index in [9.17, 15) is 14.4 Å². The third-order valence-electron chi connectivity index (χ3n) is 11.5. The molecular weight excluding hydrogens is 709 g/mol. The second kappa shape index (κ2) is 45.5. The molecule has 0 fully saturated rings. The zero-order valence-electron chi connectivity index (χ0n) is 38.8. The molecule has 6 heteroatoms. The van der Waals surface area contributed by atoms with Crippen LogP contribution in [0, 0.1) is 5.92 Å². The third kappa shape index (κ3) is 45.3. The highest BCUT2D eigenvalue weighted by Crippen LogP contribution is 2.17. The van der Waals surface area contributed by atoms with Crippen LogP contribution in [0.4, 0.5) is 0 Å². The fraction of sp³-hybridized carbons (Fsp3) is 0.941. The molecule has 0 aliphatic carbocycles. The molecule has 0 aliphatic heterocycles. The van der Waals surface area contributed by atoms with Crippen LogP contribution in [0.5, 0.6) is 0 Å². The van der Waals surface area contributed by atoms with Crippen molar-refractivity contribution in [2.24, 2.45) is 5.92 Å². The second-order valence-electron chi connectivity index (χ2n) is 17.9. The van der Waals surface area contributed by atoms with Gasteiger partial charge >= 0.3 is 17.9 Å². The second-order valence-corrected chi connectivity index (χ2v) is 17.9. The molecular formula is C51H98O6. The predicted octanol–water partition coefficient (Wildman–Crippen LogP) is 16.3. The molecule has 0 heterocycles.